The van der Waals surface area contributed by atoms with Gasteiger partial charge in [0.2, 0.25) is 0 Å². The molecule has 0 aliphatic carbocycles. The minimum atomic E-state index is -1.08. The standard InChI is InChI=1S/C8H5BrN2O4/c9-5-3-1-2-4-6(5)11-10-14-7(12)8(13)15-11/h1-4,10H. The van der Waals surface area contributed by atoms with E-state index in [4.69, 9.17) is 0 Å². The fraction of sp³-hybridized carbons (Fsp3) is 0. The fourth-order valence-corrected chi connectivity index (χ4v) is 1.42. The highest BCUT2D eigenvalue weighted by Crippen LogP contribution is 2.25. The smallest absolute Gasteiger partial charge is 0.338 e. The van der Waals surface area contributed by atoms with Crippen molar-refractivity contribution in [2.45, 2.75) is 0 Å². The maximum atomic E-state index is 10.9. The van der Waals surface area contributed by atoms with E-state index in [9.17, 15) is 9.59 Å². The Labute approximate surface area is 92.8 Å². The highest BCUT2D eigenvalue weighted by atomic mass is 79.9. The molecule has 0 spiro atoms. The normalized spacial score (nSPS) is 15.9. The number of benzene rings is 1. The molecule has 1 saturated heterocycles. The second kappa shape index (κ2) is 3.87. The van der Waals surface area contributed by atoms with Gasteiger partial charge in [0.15, 0.2) is 0 Å². The van der Waals surface area contributed by atoms with Gasteiger partial charge in [-0.05, 0) is 33.7 Å². The summed E-state index contributed by atoms with van der Waals surface area (Å²) in [7, 11) is 0. The molecule has 1 heterocycles. The summed E-state index contributed by atoms with van der Waals surface area (Å²) in [5, 5.41) is 0.952. The van der Waals surface area contributed by atoms with E-state index in [1.807, 2.05) is 0 Å². The molecule has 1 aromatic rings. The van der Waals surface area contributed by atoms with E-state index in [1.165, 1.54) is 0 Å². The largest absolute Gasteiger partial charge is 0.444 e. The lowest BCUT2D eigenvalue weighted by Gasteiger charge is -2.25. The molecule has 0 saturated carbocycles. The van der Waals surface area contributed by atoms with E-state index >= 15 is 0 Å². The lowest BCUT2D eigenvalue weighted by Crippen LogP contribution is -2.49. The maximum absolute atomic E-state index is 10.9. The highest BCUT2D eigenvalue weighted by molar-refractivity contribution is 9.10. The number of nitrogens with one attached hydrogen (secondary N) is 1. The highest BCUT2D eigenvalue weighted by Gasteiger charge is 2.29. The molecule has 1 N–H and O–H groups in total. The van der Waals surface area contributed by atoms with Crippen molar-refractivity contribution in [3.63, 3.8) is 0 Å². The SMILES string of the molecule is O=C1ONN(c2ccccc2Br)OC1=O. The predicted molar refractivity (Wildman–Crippen MR) is 51.9 cm³/mol. The second-order valence-corrected chi connectivity index (χ2v) is 3.46. The quantitative estimate of drug-likeness (QED) is 0.759. The molecule has 0 unspecified atom stereocenters. The Hall–Kier alpha value is -1.60. The van der Waals surface area contributed by atoms with Gasteiger partial charge in [0, 0.05) is 4.47 Å². The van der Waals surface area contributed by atoms with Crippen molar-refractivity contribution in [3.05, 3.63) is 28.7 Å². The number of hydrazine groups is 1. The third-order valence-corrected chi connectivity index (χ3v) is 2.30. The Morgan fingerprint density at radius 3 is 2.60 bits per heavy atom. The summed E-state index contributed by atoms with van der Waals surface area (Å²) in [6.07, 6.45) is 0. The molecule has 1 aliphatic rings. The van der Waals surface area contributed by atoms with Crippen LogP contribution in [0.25, 0.3) is 0 Å². The van der Waals surface area contributed by atoms with Gasteiger partial charge >= 0.3 is 11.9 Å². The molecule has 78 valence electrons. The van der Waals surface area contributed by atoms with Gasteiger partial charge in [-0.15, -0.1) is 0 Å². The van der Waals surface area contributed by atoms with E-state index in [0.29, 0.717) is 10.2 Å². The van der Waals surface area contributed by atoms with Crippen LogP contribution in [0, 0.1) is 0 Å². The van der Waals surface area contributed by atoms with Gasteiger partial charge in [0.05, 0.1) is 0 Å². The molecule has 1 aliphatic heterocycles. The monoisotopic (exact) mass is 272 g/mol. The first-order valence-corrected chi connectivity index (χ1v) is 4.71. The van der Waals surface area contributed by atoms with Crippen LogP contribution in [0.2, 0.25) is 0 Å². The van der Waals surface area contributed by atoms with Crippen LogP contribution in [0.3, 0.4) is 0 Å². The summed E-state index contributed by atoms with van der Waals surface area (Å²) in [5.74, 6) is -2.16. The van der Waals surface area contributed by atoms with Crippen LogP contribution in [0.5, 0.6) is 0 Å². The van der Waals surface area contributed by atoms with Gasteiger partial charge in [-0.25, -0.2) is 9.59 Å². The van der Waals surface area contributed by atoms with Crippen molar-refractivity contribution in [2.24, 2.45) is 0 Å². The van der Waals surface area contributed by atoms with Crippen molar-refractivity contribution in [2.75, 3.05) is 5.17 Å². The Morgan fingerprint density at radius 2 is 1.93 bits per heavy atom. The van der Waals surface area contributed by atoms with Crippen molar-refractivity contribution in [1.29, 1.82) is 0 Å². The summed E-state index contributed by atoms with van der Waals surface area (Å²) < 4.78 is 0.684. The summed E-state index contributed by atoms with van der Waals surface area (Å²) in [5.41, 5.74) is 2.68. The number of carbonyl (C=O) groups is 2. The molecular weight excluding hydrogens is 268 g/mol. The van der Waals surface area contributed by atoms with E-state index in [1.54, 1.807) is 24.3 Å². The minimum Gasteiger partial charge on any atom is -0.338 e. The summed E-state index contributed by atoms with van der Waals surface area (Å²) in [6.45, 7) is 0. The first-order chi connectivity index (χ1) is 7.18. The van der Waals surface area contributed by atoms with Crippen molar-refractivity contribution >= 4 is 33.6 Å². The van der Waals surface area contributed by atoms with Crippen LogP contribution in [-0.2, 0) is 19.3 Å². The third-order valence-electron chi connectivity index (χ3n) is 1.63. The van der Waals surface area contributed by atoms with Crippen LogP contribution in [0.4, 0.5) is 5.69 Å². The van der Waals surface area contributed by atoms with Crippen LogP contribution in [0.15, 0.2) is 28.7 Å². The fourth-order valence-electron chi connectivity index (χ4n) is 0.978. The minimum absolute atomic E-state index is 0.512. The molecule has 6 nitrogen and oxygen atoms in total. The topological polar surface area (TPSA) is 67.9 Å². The van der Waals surface area contributed by atoms with Gasteiger partial charge < -0.3 is 9.68 Å². The van der Waals surface area contributed by atoms with E-state index < -0.39 is 11.9 Å². The number of carbonyl (C=O) groups excluding carboxylic acids is 2. The lowest BCUT2D eigenvalue weighted by molar-refractivity contribution is -0.192. The Bertz CT molecular complexity index is 423. The van der Waals surface area contributed by atoms with Gasteiger partial charge in [-0.2, -0.15) is 0 Å². The number of nitrogens with zero attached hydrogens (tertiary/aromatic N) is 1. The molecule has 0 radical (unpaired) electrons. The number of hydrogen-bond acceptors (Lipinski definition) is 6. The maximum Gasteiger partial charge on any atom is 0.444 e. The Balaban J connectivity index is 2.23. The second-order valence-electron chi connectivity index (χ2n) is 2.61. The number of halogens is 1. The first-order valence-electron chi connectivity index (χ1n) is 3.92. The van der Waals surface area contributed by atoms with Gasteiger partial charge in [-0.1, -0.05) is 17.3 Å². The predicted octanol–water partition coefficient (Wildman–Crippen LogP) is 0.690. The molecule has 7 heteroatoms. The van der Waals surface area contributed by atoms with E-state index in [0.717, 1.165) is 5.17 Å². The zero-order valence-electron chi connectivity index (χ0n) is 7.27. The Kier molecular flexibility index (Phi) is 2.57. The summed E-state index contributed by atoms with van der Waals surface area (Å²) >= 11 is 3.25. The van der Waals surface area contributed by atoms with Crippen LogP contribution in [-0.4, -0.2) is 11.9 Å². The Morgan fingerprint density at radius 1 is 1.20 bits per heavy atom. The summed E-state index contributed by atoms with van der Waals surface area (Å²) in [4.78, 5) is 30.6. The lowest BCUT2D eigenvalue weighted by atomic mass is 10.3. The zero-order valence-corrected chi connectivity index (χ0v) is 8.85. The number of anilines is 1. The van der Waals surface area contributed by atoms with Crippen molar-refractivity contribution < 1.29 is 19.3 Å². The molecule has 0 atom stereocenters. The zero-order chi connectivity index (χ0) is 10.8. The van der Waals surface area contributed by atoms with Crippen molar-refractivity contribution in [1.82, 2.24) is 5.59 Å². The van der Waals surface area contributed by atoms with Crippen LogP contribution in [0.1, 0.15) is 0 Å². The van der Waals surface area contributed by atoms with Crippen LogP contribution >= 0.6 is 15.9 Å². The van der Waals surface area contributed by atoms with Gasteiger partial charge in [-0.3, -0.25) is 0 Å². The molecule has 15 heavy (non-hydrogen) atoms. The third kappa shape index (κ3) is 1.92. The molecule has 1 aromatic carbocycles. The molecular formula is C8H5BrN2O4. The first kappa shape index (κ1) is 9.94. The molecule has 2 rings (SSSR count). The molecule has 0 aromatic heterocycles. The van der Waals surface area contributed by atoms with Gasteiger partial charge in [0.1, 0.15) is 5.69 Å². The van der Waals surface area contributed by atoms with Crippen molar-refractivity contribution in [3.8, 4) is 0 Å². The molecule has 0 amide bonds. The number of rotatable bonds is 1. The number of hydrogen-bond donors (Lipinski definition) is 1. The van der Waals surface area contributed by atoms with E-state index in [-0.39, 0.29) is 0 Å². The van der Waals surface area contributed by atoms with Gasteiger partial charge in [0.25, 0.3) is 0 Å². The summed E-state index contributed by atoms with van der Waals surface area (Å²) in [6, 6.07) is 6.96. The molecule has 0 bridgehead atoms. The van der Waals surface area contributed by atoms with E-state index in [2.05, 4.69) is 31.2 Å². The number of para-hydroxylation sites is 1. The average Bonchev–Trinajstić information content (AvgIpc) is 2.23. The average molecular weight is 273 g/mol. The molecule has 1 fully saturated rings. The van der Waals surface area contributed by atoms with Crippen LogP contribution < -0.4 is 10.8 Å².